The number of carbonyl (C=O) groups excluding carboxylic acids is 1. The van der Waals surface area contributed by atoms with Crippen molar-refractivity contribution in [3.8, 4) is 28.8 Å². The normalized spacial score (nSPS) is 15.5. The Morgan fingerprint density at radius 3 is 2.55 bits per heavy atom. The smallest absolute Gasteiger partial charge is 0.410 e. The van der Waals surface area contributed by atoms with Crippen LogP contribution in [0.25, 0.3) is 33.2 Å². The lowest BCUT2D eigenvalue weighted by Crippen LogP contribution is -2.50. The molecule has 240 valence electrons. The van der Waals surface area contributed by atoms with E-state index in [0.717, 1.165) is 52.7 Å². The van der Waals surface area contributed by atoms with Gasteiger partial charge < -0.3 is 29.2 Å². The van der Waals surface area contributed by atoms with Crippen LogP contribution < -0.4 is 9.64 Å². The van der Waals surface area contributed by atoms with Crippen LogP contribution in [0.5, 0.6) is 11.5 Å². The highest BCUT2D eigenvalue weighted by atomic mass is 16.6. The molecule has 0 radical (unpaired) electrons. The number of carbonyl (C=O) groups is 1. The third-order valence-corrected chi connectivity index (χ3v) is 8.98. The number of amides is 1. The number of aromatic amines is 1. The molecule has 1 amide bonds. The number of pyridine rings is 1. The van der Waals surface area contributed by atoms with Crippen molar-refractivity contribution in [3.63, 3.8) is 0 Å². The Morgan fingerprint density at radius 2 is 1.79 bits per heavy atom. The fourth-order valence-electron chi connectivity index (χ4n) is 6.69. The fraction of sp³-hybridized carbons (Fsp3) is 0.351. The standard InChI is InChI=1S/C37H39N7O3/c1-23-12-13-29-33(40-22-39-29)35(23)46-30-11-7-10-27-32(30)41-31(26-9-6-8-24-21-42(5)15-14-25(24)26)28(20-38)34(27)43-16-18-44(19-17-43)36(45)47-37(2,3)4/h6-13,22H,14-19,21H2,1-5H3,(H,39,40). The number of para-hydroxylation sites is 1. The third kappa shape index (κ3) is 5.72. The van der Waals surface area contributed by atoms with Crippen molar-refractivity contribution in [1.82, 2.24) is 24.8 Å². The molecule has 1 saturated heterocycles. The van der Waals surface area contributed by atoms with Gasteiger partial charge in [-0.2, -0.15) is 5.26 Å². The number of fused-ring (bicyclic) bond motifs is 3. The van der Waals surface area contributed by atoms with E-state index in [4.69, 9.17) is 14.5 Å². The van der Waals surface area contributed by atoms with E-state index in [0.29, 0.717) is 54.5 Å². The maximum absolute atomic E-state index is 12.9. The Kier molecular flexibility index (Phi) is 7.73. The first-order chi connectivity index (χ1) is 22.6. The number of nitriles is 1. The summed E-state index contributed by atoms with van der Waals surface area (Å²) in [4.78, 5) is 32.2. The second-order valence-electron chi connectivity index (χ2n) is 13.4. The van der Waals surface area contributed by atoms with Crippen molar-refractivity contribution in [1.29, 1.82) is 5.26 Å². The quantitative estimate of drug-likeness (QED) is 0.231. The molecule has 47 heavy (non-hydrogen) atoms. The maximum Gasteiger partial charge on any atom is 0.410 e. The number of aryl methyl sites for hydroxylation is 1. The highest BCUT2D eigenvalue weighted by Crippen LogP contribution is 2.43. The fourth-order valence-corrected chi connectivity index (χ4v) is 6.69. The number of imidazole rings is 1. The van der Waals surface area contributed by atoms with E-state index < -0.39 is 5.60 Å². The van der Waals surface area contributed by atoms with Crippen LogP contribution in [-0.2, 0) is 17.7 Å². The van der Waals surface area contributed by atoms with Crippen LogP contribution in [0.15, 0.2) is 54.9 Å². The molecule has 5 aromatic rings. The number of benzene rings is 3. The van der Waals surface area contributed by atoms with Crippen LogP contribution >= 0.6 is 0 Å². The molecule has 0 atom stereocenters. The van der Waals surface area contributed by atoms with Gasteiger partial charge in [-0.3, -0.25) is 0 Å². The molecule has 10 nitrogen and oxygen atoms in total. The molecule has 0 unspecified atom stereocenters. The molecule has 4 heterocycles. The highest BCUT2D eigenvalue weighted by Gasteiger charge is 2.30. The summed E-state index contributed by atoms with van der Waals surface area (Å²) in [5.74, 6) is 1.25. The molecule has 1 N–H and O–H groups in total. The number of nitrogens with one attached hydrogen (secondary N) is 1. The van der Waals surface area contributed by atoms with Gasteiger partial charge in [0.15, 0.2) is 11.5 Å². The molecular weight excluding hydrogens is 590 g/mol. The second-order valence-corrected chi connectivity index (χ2v) is 13.4. The van der Waals surface area contributed by atoms with Gasteiger partial charge in [0.2, 0.25) is 0 Å². The van der Waals surface area contributed by atoms with Crippen LogP contribution in [0.4, 0.5) is 10.5 Å². The maximum atomic E-state index is 12.9. The lowest BCUT2D eigenvalue weighted by atomic mass is 9.90. The van der Waals surface area contributed by atoms with Crippen LogP contribution in [0, 0.1) is 18.3 Å². The highest BCUT2D eigenvalue weighted by molar-refractivity contribution is 6.02. The topological polar surface area (TPSA) is 111 Å². The molecule has 0 aliphatic carbocycles. The van der Waals surface area contributed by atoms with Gasteiger partial charge in [-0.1, -0.05) is 36.4 Å². The zero-order valence-electron chi connectivity index (χ0n) is 27.6. The largest absolute Gasteiger partial charge is 0.452 e. The summed E-state index contributed by atoms with van der Waals surface area (Å²) in [7, 11) is 2.13. The van der Waals surface area contributed by atoms with E-state index in [1.54, 1.807) is 11.2 Å². The summed E-state index contributed by atoms with van der Waals surface area (Å²) >= 11 is 0. The average Bonchev–Trinajstić information content (AvgIpc) is 3.53. The summed E-state index contributed by atoms with van der Waals surface area (Å²) < 4.78 is 12.4. The Bertz CT molecular complexity index is 2050. The summed E-state index contributed by atoms with van der Waals surface area (Å²) in [6, 6.07) is 18.8. The van der Waals surface area contributed by atoms with Crippen molar-refractivity contribution < 1.29 is 14.3 Å². The van der Waals surface area contributed by atoms with Gasteiger partial charge in [-0.05, 0) is 70.0 Å². The van der Waals surface area contributed by atoms with Gasteiger partial charge in [0.05, 0.1) is 23.2 Å². The summed E-state index contributed by atoms with van der Waals surface area (Å²) in [6.07, 6.45) is 2.22. The predicted molar refractivity (Wildman–Crippen MR) is 183 cm³/mol. The predicted octanol–water partition coefficient (Wildman–Crippen LogP) is 6.80. The first kappa shape index (κ1) is 30.5. The Labute approximate surface area is 274 Å². The first-order valence-corrected chi connectivity index (χ1v) is 16.1. The molecule has 10 heteroatoms. The van der Waals surface area contributed by atoms with Crippen molar-refractivity contribution in [2.45, 2.75) is 46.3 Å². The molecule has 0 spiro atoms. The van der Waals surface area contributed by atoms with Crippen molar-refractivity contribution in [2.24, 2.45) is 0 Å². The number of aromatic nitrogens is 3. The van der Waals surface area contributed by atoms with E-state index in [1.807, 2.05) is 58.0 Å². The van der Waals surface area contributed by atoms with Crippen LogP contribution in [0.3, 0.4) is 0 Å². The van der Waals surface area contributed by atoms with Gasteiger partial charge in [-0.15, -0.1) is 0 Å². The van der Waals surface area contributed by atoms with Gasteiger partial charge in [0.25, 0.3) is 0 Å². The zero-order chi connectivity index (χ0) is 32.9. The van der Waals surface area contributed by atoms with Gasteiger partial charge in [0.1, 0.15) is 28.3 Å². The van der Waals surface area contributed by atoms with Gasteiger partial charge in [0, 0.05) is 50.2 Å². The number of H-pyrrole nitrogens is 1. The molecule has 2 aromatic heterocycles. The summed E-state index contributed by atoms with van der Waals surface area (Å²) in [5.41, 5.74) is 8.12. The minimum Gasteiger partial charge on any atom is -0.452 e. The number of piperazine rings is 1. The average molecular weight is 630 g/mol. The Hall–Kier alpha value is -5.14. The van der Waals surface area contributed by atoms with E-state index >= 15 is 0 Å². The van der Waals surface area contributed by atoms with E-state index in [1.165, 1.54) is 11.1 Å². The monoisotopic (exact) mass is 629 g/mol. The van der Waals surface area contributed by atoms with Gasteiger partial charge >= 0.3 is 6.09 Å². The SMILES string of the molecule is Cc1ccc2[nH]cnc2c1Oc1cccc2c(N3CCN(C(=O)OC(C)(C)C)CC3)c(C#N)c(-c3cccc4c3CCN(C)C4)nc12. The Balaban J connectivity index is 1.39. The molecule has 0 saturated carbocycles. The lowest BCUT2D eigenvalue weighted by molar-refractivity contribution is 0.0240. The minimum absolute atomic E-state index is 0.322. The van der Waals surface area contributed by atoms with Gasteiger partial charge in [-0.25, -0.2) is 14.8 Å². The molecule has 7 rings (SSSR count). The second kappa shape index (κ2) is 11.9. The number of hydrogen-bond acceptors (Lipinski definition) is 8. The van der Waals surface area contributed by atoms with E-state index in [-0.39, 0.29) is 6.09 Å². The zero-order valence-corrected chi connectivity index (χ0v) is 27.6. The molecule has 3 aromatic carbocycles. The molecule has 2 aliphatic rings. The summed E-state index contributed by atoms with van der Waals surface area (Å²) in [5, 5.41) is 11.7. The van der Waals surface area contributed by atoms with Crippen LogP contribution in [-0.4, -0.2) is 76.2 Å². The lowest BCUT2D eigenvalue weighted by Gasteiger charge is -2.37. The first-order valence-electron chi connectivity index (χ1n) is 16.1. The summed E-state index contributed by atoms with van der Waals surface area (Å²) in [6.45, 7) is 11.4. The number of nitrogens with zero attached hydrogens (tertiary/aromatic N) is 6. The number of rotatable bonds is 4. The third-order valence-electron chi connectivity index (χ3n) is 8.98. The van der Waals surface area contributed by atoms with Crippen molar-refractivity contribution >= 4 is 33.7 Å². The van der Waals surface area contributed by atoms with Crippen molar-refractivity contribution in [3.05, 3.63) is 77.1 Å². The molecule has 0 bridgehead atoms. The number of hydrogen-bond donors (Lipinski definition) is 1. The van der Waals surface area contributed by atoms with Crippen LogP contribution in [0.2, 0.25) is 0 Å². The number of ether oxygens (including phenoxy) is 2. The molecule has 1 fully saturated rings. The molecule has 2 aliphatic heterocycles. The van der Waals surface area contributed by atoms with Crippen molar-refractivity contribution in [2.75, 3.05) is 44.7 Å². The Morgan fingerprint density at radius 1 is 1.00 bits per heavy atom. The number of anilines is 1. The number of likely N-dealkylation sites (N-methyl/N-ethyl adjacent to an activating group) is 1. The van der Waals surface area contributed by atoms with E-state index in [2.05, 4.69) is 51.1 Å². The minimum atomic E-state index is -0.572. The molecular formula is C37H39N7O3. The van der Waals surface area contributed by atoms with Crippen LogP contribution in [0.1, 0.15) is 43.0 Å². The van der Waals surface area contributed by atoms with E-state index in [9.17, 15) is 10.1 Å².